The zero-order valence-electron chi connectivity index (χ0n) is 9.51. The van der Waals surface area contributed by atoms with Gasteiger partial charge in [-0.2, -0.15) is 0 Å². The van der Waals surface area contributed by atoms with Crippen LogP contribution in [0.1, 0.15) is 20.3 Å². The second-order valence-corrected chi connectivity index (χ2v) is 4.99. The predicted molar refractivity (Wildman–Crippen MR) is 60.2 cm³/mol. The Morgan fingerprint density at radius 2 is 2.06 bits per heavy atom. The summed E-state index contributed by atoms with van der Waals surface area (Å²) in [5.41, 5.74) is 0. The molecule has 0 spiro atoms. The van der Waals surface area contributed by atoms with Crippen LogP contribution < -0.4 is 0 Å². The van der Waals surface area contributed by atoms with Gasteiger partial charge < -0.3 is 18.9 Å². The fourth-order valence-corrected chi connectivity index (χ4v) is 2.54. The van der Waals surface area contributed by atoms with Crippen molar-refractivity contribution in [2.75, 3.05) is 19.8 Å². The van der Waals surface area contributed by atoms with E-state index in [1.807, 2.05) is 0 Å². The first kappa shape index (κ1) is 13.3. The number of aliphatic hydroxyl groups is 1. The van der Waals surface area contributed by atoms with Gasteiger partial charge in [0.2, 0.25) is 0 Å². The van der Waals surface area contributed by atoms with Crippen LogP contribution in [0, 0.1) is 0 Å². The Hall–Kier alpha value is -0.770. The van der Waals surface area contributed by atoms with E-state index in [9.17, 15) is 9.67 Å². The molecular formula is C10H17O5P. The van der Waals surface area contributed by atoms with Crippen molar-refractivity contribution in [1.82, 2.24) is 0 Å². The maximum atomic E-state index is 12.0. The molecule has 1 rings (SSSR count). The third-order valence-electron chi connectivity index (χ3n) is 1.91. The van der Waals surface area contributed by atoms with Gasteiger partial charge >= 0.3 is 7.60 Å². The lowest BCUT2D eigenvalue weighted by Crippen LogP contribution is -1.93. The molecule has 1 aliphatic heterocycles. The normalized spacial score (nSPS) is 17.1. The van der Waals surface area contributed by atoms with Gasteiger partial charge in [-0.25, -0.2) is 0 Å². The van der Waals surface area contributed by atoms with Gasteiger partial charge in [-0.3, -0.25) is 4.57 Å². The highest BCUT2D eigenvalue weighted by Crippen LogP contribution is 2.50. The quantitative estimate of drug-likeness (QED) is 0.732. The van der Waals surface area contributed by atoms with E-state index < -0.39 is 7.60 Å². The fraction of sp³-hybridized carbons (Fsp3) is 0.600. The van der Waals surface area contributed by atoms with Crippen LogP contribution in [0.5, 0.6) is 0 Å². The summed E-state index contributed by atoms with van der Waals surface area (Å²) in [5, 5.41) is 9.38. The molecule has 0 unspecified atom stereocenters. The Kier molecular flexibility index (Phi) is 5.06. The molecule has 6 heteroatoms. The summed E-state index contributed by atoms with van der Waals surface area (Å²) in [6, 6.07) is 0. The van der Waals surface area contributed by atoms with Crippen LogP contribution in [-0.4, -0.2) is 24.9 Å². The molecule has 0 bridgehead atoms. The van der Waals surface area contributed by atoms with Gasteiger partial charge in [-0.15, -0.1) is 0 Å². The van der Waals surface area contributed by atoms with Crippen molar-refractivity contribution in [1.29, 1.82) is 0 Å². The molecule has 0 atom stereocenters. The molecule has 0 aliphatic carbocycles. The van der Waals surface area contributed by atoms with Crippen molar-refractivity contribution in [3.8, 4) is 0 Å². The Morgan fingerprint density at radius 1 is 1.44 bits per heavy atom. The summed E-state index contributed by atoms with van der Waals surface area (Å²) in [6.45, 7) is 4.52. The summed E-state index contributed by atoms with van der Waals surface area (Å²) in [6.07, 6.45) is 1.92. The molecule has 0 fully saturated rings. The minimum Gasteiger partial charge on any atom is -0.508 e. The number of aliphatic hydroxyl groups excluding tert-OH is 1. The summed E-state index contributed by atoms with van der Waals surface area (Å²) < 4.78 is 27.2. The minimum absolute atomic E-state index is 0.163. The van der Waals surface area contributed by atoms with Crippen molar-refractivity contribution < 1.29 is 23.5 Å². The highest BCUT2D eigenvalue weighted by Gasteiger charge is 2.20. The summed E-state index contributed by atoms with van der Waals surface area (Å²) in [4.78, 5) is 0. The molecule has 0 radical (unpaired) electrons. The first-order valence-corrected chi connectivity index (χ1v) is 6.85. The van der Waals surface area contributed by atoms with Gasteiger partial charge in [0.1, 0.15) is 5.76 Å². The second kappa shape index (κ2) is 6.09. The van der Waals surface area contributed by atoms with Crippen LogP contribution in [0.25, 0.3) is 0 Å². The first-order valence-electron chi connectivity index (χ1n) is 5.24. The van der Waals surface area contributed by atoms with Crippen molar-refractivity contribution >= 4 is 7.60 Å². The number of ether oxygens (including phenoxy) is 1. The van der Waals surface area contributed by atoms with Gasteiger partial charge in [-0.05, 0) is 19.9 Å². The Balaban J connectivity index is 2.71. The fourth-order valence-electron chi connectivity index (χ4n) is 1.25. The minimum atomic E-state index is -3.20. The van der Waals surface area contributed by atoms with Gasteiger partial charge in [0.25, 0.3) is 0 Å². The third kappa shape index (κ3) is 3.67. The van der Waals surface area contributed by atoms with Crippen molar-refractivity contribution in [2.24, 2.45) is 0 Å². The van der Waals surface area contributed by atoms with Crippen LogP contribution in [0.2, 0.25) is 0 Å². The molecule has 0 amide bonds. The molecule has 0 saturated carbocycles. The molecule has 0 aromatic carbocycles. The molecule has 1 aliphatic rings. The van der Waals surface area contributed by atoms with E-state index in [1.54, 1.807) is 13.8 Å². The topological polar surface area (TPSA) is 65.0 Å². The SMILES string of the molecule is CCOP(=O)(/C=C/C1=C(O)CCO1)OCC. The summed E-state index contributed by atoms with van der Waals surface area (Å²) in [5.74, 6) is 1.81. The Labute approximate surface area is 95.2 Å². The largest absolute Gasteiger partial charge is 0.508 e. The smallest absolute Gasteiger partial charge is 0.354 e. The molecule has 0 saturated heterocycles. The van der Waals surface area contributed by atoms with E-state index in [0.717, 1.165) is 0 Å². The van der Waals surface area contributed by atoms with Gasteiger partial charge in [-0.1, -0.05) is 0 Å². The van der Waals surface area contributed by atoms with Gasteiger partial charge in [0.15, 0.2) is 5.76 Å². The monoisotopic (exact) mass is 248 g/mol. The molecular weight excluding hydrogens is 231 g/mol. The van der Waals surface area contributed by atoms with E-state index in [0.29, 0.717) is 32.0 Å². The van der Waals surface area contributed by atoms with Crippen molar-refractivity contribution in [2.45, 2.75) is 20.3 Å². The van der Waals surface area contributed by atoms with Crippen molar-refractivity contribution in [3.05, 3.63) is 23.4 Å². The van der Waals surface area contributed by atoms with Gasteiger partial charge in [0, 0.05) is 12.2 Å². The van der Waals surface area contributed by atoms with Crippen molar-refractivity contribution in [3.63, 3.8) is 0 Å². The Bertz CT molecular complexity index is 324. The van der Waals surface area contributed by atoms with Crippen LogP contribution in [-0.2, 0) is 18.3 Å². The van der Waals surface area contributed by atoms with E-state index in [-0.39, 0.29) is 5.76 Å². The molecule has 0 aromatic rings. The summed E-state index contributed by atoms with van der Waals surface area (Å²) >= 11 is 0. The number of hydrogen-bond acceptors (Lipinski definition) is 5. The number of allylic oxidation sites excluding steroid dienone is 1. The number of rotatable bonds is 6. The lowest BCUT2D eigenvalue weighted by atomic mass is 10.3. The highest BCUT2D eigenvalue weighted by atomic mass is 31.2. The standard InChI is InChI=1S/C10H17O5P/c1-3-14-16(12,15-4-2)8-6-10-9(11)5-7-13-10/h6,8,11H,3-5,7H2,1-2H3/b8-6+. The third-order valence-corrected chi connectivity index (χ3v) is 3.66. The molecule has 5 nitrogen and oxygen atoms in total. The molecule has 1 N–H and O–H groups in total. The van der Waals surface area contributed by atoms with Crippen LogP contribution in [0.4, 0.5) is 0 Å². The molecule has 1 heterocycles. The maximum Gasteiger partial charge on any atom is 0.354 e. The first-order chi connectivity index (χ1) is 7.61. The van der Waals surface area contributed by atoms with E-state index in [4.69, 9.17) is 13.8 Å². The van der Waals surface area contributed by atoms with E-state index in [1.165, 1.54) is 11.9 Å². The van der Waals surface area contributed by atoms with Gasteiger partial charge in [0.05, 0.1) is 19.8 Å². The van der Waals surface area contributed by atoms with E-state index >= 15 is 0 Å². The second-order valence-electron chi connectivity index (χ2n) is 3.10. The average molecular weight is 248 g/mol. The average Bonchev–Trinajstić information content (AvgIpc) is 2.62. The van der Waals surface area contributed by atoms with Crippen LogP contribution in [0.15, 0.2) is 23.4 Å². The lowest BCUT2D eigenvalue weighted by Gasteiger charge is -2.12. The maximum absolute atomic E-state index is 12.0. The van der Waals surface area contributed by atoms with Crippen LogP contribution >= 0.6 is 7.60 Å². The Morgan fingerprint density at radius 3 is 2.50 bits per heavy atom. The molecule has 92 valence electrons. The molecule has 0 aromatic heterocycles. The van der Waals surface area contributed by atoms with E-state index in [2.05, 4.69) is 0 Å². The summed E-state index contributed by atoms with van der Waals surface area (Å²) in [7, 11) is -3.20. The number of hydrogen-bond donors (Lipinski definition) is 1. The van der Waals surface area contributed by atoms with Crippen LogP contribution in [0.3, 0.4) is 0 Å². The predicted octanol–water partition coefficient (Wildman–Crippen LogP) is 2.96. The highest BCUT2D eigenvalue weighted by molar-refractivity contribution is 7.57. The zero-order valence-corrected chi connectivity index (χ0v) is 10.4. The zero-order chi connectivity index (χ0) is 12.0. The molecule has 16 heavy (non-hydrogen) atoms. The lowest BCUT2D eigenvalue weighted by molar-refractivity contribution is 0.228.